The smallest absolute Gasteiger partial charge is 0.387 e. The lowest BCUT2D eigenvalue weighted by molar-refractivity contribution is -0.388. The van der Waals surface area contributed by atoms with E-state index in [0.29, 0.717) is 0 Å². The van der Waals surface area contributed by atoms with E-state index in [-0.39, 0.29) is 11.0 Å². The number of nitrogen functional groups attached to an aromatic ring is 1. The summed E-state index contributed by atoms with van der Waals surface area (Å²) in [7, 11) is 0. The summed E-state index contributed by atoms with van der Waals surface area (Å²) >= 11 is 2.98. The molecule has 0 aromatic carbocycles. The predicted octanol–water partition coefficient (Wildman–Crippen LogP) is 2.40. The summed E-state index contributed by atoms with van der Waals surface area (Å²) < 4.78 is 24.9. The van der Waals surface area contributed by atoms with Crippen LogP contribution in [0.25, 0.3) is 0 Å². The number of nitrogens with two attached hydrogens (primary N) is 1. The molecule has 0 aliphatic rings. The van der Waals surface area contributed by atoms with Crippen LogP contribution in [0, 0.1) is 10.1 Å². The van der Waals surface area contributed by atoms with Gasteiger partial charge in [-0.15, -0.1) is 0 Å². The Labute approximate surface area is 91.6 Å². The van der Waals surface area contributed by atoms with Crippen molar-refractivity contribution >= 4 is 27.4 Å². The summed E-state index contributed by atoms with van der Waals surface area (Å²) in [5, 5.41) is 10.6. The highest BCUT2D eigenvalue weighted by molar-refractivity contribution is 9.08. The first-order valence-corrected chi connectivity index (χ1v) is 4.87. The van der Waals surface area contributed by atoms with E-state index < -0.39 is 28.4 Å². The molecular weight excluding hydrogens is 276 g/mol. The van der Waals surface area contributed by atoms with Crippen molar-refractivity contribution in [2.75, 3.05) is 5.73 Å². The third-order valence-electron chi connectivity index (χ3n) is 1.67. The van der Waals surface area contributed by atoms with E-state index in [1.165, 1.54) is 0 Å². The highest BCUT2D eigenvalue weighted by atomic mass is 79.9. The van der Waals surface area contributed by atoms with Gasteiger partial charge < -0.3 is 15.8 Å². The number of hydrogen-bond acceptors (Lipinski definition) is 4. The molecule has 1 aromatic heterocycles. The number of hydrogen-bond donors (Lipinski definition) is 1. The molecule has 15 heavy (non-hydrogen) atoms. The SMILES string of the molecule is Nc1c(C(F)F)cc(CBr)nc1[N+](=O)[O-]. The highest BCUT2D eigenvalue weighted by Gasteiger charge is 2.24. The normalized spacial score (nSPS) is 10.7. The van der Waals surface area contributed by atoms with Crippen LogP contribution in [0.5, 0.6) is 0 Å². The molecule has 0 saturated carbocycles. The maximum Gasteiger partial charge on any atom is 0.387 e. The second-order valence-corrected chi connectivity index (χ2v) is 3.19. The van der Waals surface area contributed by atoms with Gasteiger partial charge in [0.2, 0.25) is 0 Å². The Hall–Kier alpha value is -1.31. The summed E-state index contributed by atoms with van der Waals surface area (Å²) in [6.07, 6.45) is -2.86. The van der Waals surface area contributed by atoms with Crippen LogP contribution < -0.4 is 5.73 Å². The predicted molar refractivity (Wildman–Crippen MR) is 52.9 cm³/mol. The maximum absolute atomic E-state index is 12.4. The van der Waals surface area contributed by atoms with Gasteiger partial charge in [0.15, 0.2) is 5.69 Å². The van der Waals surface area contributed by atoms with Crippen molar-refractivity contribution in [3.05, 3.63) is 27.4 Å². The van der Waals surface area contributed by atoms with E-state index in [9.17, 15) is 18.9 Å². The molecule has 0 amide bonds. The molecule has 0 aliphatic heterocycles. The maximum atomic E-state index is 12.4. The van der Waals surface area contributed by atoms with Crippen LogP contribution in [0.1, 0.15) is 17.7 Å². The minimum Gasteiger partial charge on any atom is -0.391 e. The van der Waals surface area contributed by atoms with Crippen molar-refractivity contribution in [2.45, 2.75) is 11.8 Å². The van der Waals surface area contributed by atoms with Crippen LogP contribution >= 0.6 is 15.9 Å². The molecule has 0 aliphatic carbocycles. The zero-order valence-corrected chi connectivity index (χ0v) is 8.87. The lowest BCUT2D eigenvalue weighted by atomic mass is 10.2. The van der Waals surface area contributed by atoms with Crippen LogP contribution in [0.2, 0.25) is 0 Å². The van der Waals surface area contributed by atoms with Crippen LogP contribution in [-0.4, -0.2) is 9.91 Å². The van der Waals surface area contributed by atoms with Crippen molar-refractivity contribution in [3.63, 3.8) is 0 Å². The number of aromatic nitrogens is 1. The first-order chi connectivity index (χ1) is 6.97. The van der Waals surface area contributed by atoms with E-state index in [1.807, 2.05) is 0 Å². The summed E-state index contributed by atoms with van der Waals surface area (Å²) in [6.45, 7) is 0. The minimum atomic E-state index is -2.86. The van der Waals surface area contributed by atoms with Gasteiger partial charge in [0, 0.05) is 0 Å². The van der Waals surface area contributed by atoms with Crippen molar-refractivity contribution in [1.82, 2.24) is 4.98 Å². The molecule has 0 spiro atoms. The Balaban J connectivity index is 3.40. The molecule has 0 saturated heterocycles. The molecule has 1 aromatic rings. The molecule has 0 radical (unpaired) electrons. The van der Waals surface area contributed by atoms with E-state index in [0.717, 1.165) is 6.07 Å². The van der Waals surface area contributed by atoms with E-state index in [2.05, 4.69) is 20.9 Å². The number of halogens is 3. The van der Waals surface area contributed by atoms with Crippen molar-refractivity contribution in [3.8, 4) is 0 Å². The number of pyridine rings is 1. The number of anilines is 1. The minimum absolute atomic E-state index is 0.145. The molecule has 1 heterocycles. The standard InChI is InChI=1S/C7H6BrF2N3O2/c8-2-3-1-4(6(9)10)5(11)7(12-3)13(14)15/h1,6H,2,11H2. The van der Waals surface area contributed by atoms with Gasteiger partial charge in [0.25, 0.3) is 6.43 Å². The van der Waals surface area contributed by atoms with Gasteiger partial charge in [-0.2, -0.15) is 0 Å². The molecule has 82 valence electrons. The monoisotopic (exact) mass is 281 g/mol. The fourth-order valence-corrected chi connectivity index (χ4v) is 1.29. The van der Waals surface area contributed by atoms with Gasteiger partial charge in [-0.1, -0.05) is 15.9 Å². The first-order valence-electron chi connectivity index (χ1n) is 3.75. The Morgan fingerprint density at radius 3 is 2.67 bits per heavy atom. The van der Waals surface area contributed by atoms with Crippen molar-refractivity contribution in [1.29, 1.82) is 0 Å². The summed E-state index contributed by atoms with van der Waals surface area (Å²) in [4.78, 5) is 13.1. The van der Waals surface area contributed by atoms with Crippen LogP contribution in [-0.2, 0) is 5.33 Å². The highest BCUT2D eigenvalue weighted by Crippen LogP contribution is 2.31. The summed E-state index contributed by atoms with van der Waals surface area (Å²) in [5.74, 6) is -0.734. The lowest BCUT2D eigenvalue weighted by Gasteiger charge is -2.05. The molecular formula is C7H6BrF2N3O2. The van der Waals surface area contributed by atoms with Gasteiger partial charge in [-0.05, 0) is 16.0 Å². The van der Waals surface area contributed by atoms with Crippen molar-refractivity contribution < 1.29 is 13.7 Å². The number of alkyl halides is 3. The van der Waals surface area contributed by atoms with Crippen LogP contribution in [0.4, 0.5) is 20.3 Å². The number of nitrogens with zero attached hydrogens (tertiary/aromatic N) is 2. The molecule has 5 nitrogen and oxygen atoms in total. The van der Waals surface area contributed by atoms with Gasteiger partial charge in [0.1, 0.15) is 5.69 Å². The van der Waals surface area contributed by atoms with Gasteiger partial charge in [-0.25, -0.2) is 8.78 Å². The molecule has 0 bridgehead atoms. The van der Waals surface area contributed by atoms with Gasteiger partial charge in [-0.3, -0.25) is 0 Å². The van der Waals surface area contributed by atoms with Crippen LogP contribution in [0.15, 0.2) is 6.07 Å². The zero-order chi connectivity index (χ0) is 11.6. The molecule has 2 N–H and O–H groups in total. The summed E-state index contributed by atoms with van der Waals surface area (Å²) in [6, 6.07) is 1.04. The zero-order valence-electron chi connectivity index (χ0n) is 7.28. The largest absolute Gasteiger partial charge is 0.391 e. The third-order valence-corrected chi connectivity index (χ3v) is 2.24. The molecule has 0 atom stereocenters. The first kappa shape index (κ1) is 11.8. The van der Waals surface area contributed by atoms with E-state index in [1.54, 1.807) is 0 Å². The second kappa shape index (κ2) is 4.47. The number of nitro groups is 1. The second-order valence-electron chi connectivity index (χ2n) is 2.63. The molecule has 0 fully saturated rings. The average Bonchev–Trinajstić information content (AvgIpc) is 2.17. The Morgan fingerprint density at radius 1 is 1.67 bits per heavy atom. The Morgan fingerprint density at radius 2 is 2.27 bits per heavy atom. The van der Waals surface area contributed by atoms with E-state index >= 15 is 0 Å². The van der Waals surface area contributed by atoms with E-state index in [4.69, 9.17) is 5.73 Å². The topological polar surface area (TPSA) is 82.0 Å². The van der Waals surface area contributed by atoms with Gasteiger partial charge in [0.05, 0.1) is 10.9 Å². The Kier molecular flexibility index (Phi) is 3.51. The van der Waals surface area contributed by atoms with Crippen molar-refractivity contribution in [2.24, 2.45) is 0 Å². The summed E-state index contributed by atoms with van der Waals surface area (Å²) in [5.41, 5.74) is 4.21. The molecule has 0 unspecified atom stereocenters. The number of rotatable bonds is 3. The van der Waals surface area contributed by atoms with Crippen LogP contribution in [0.3, 0.4) is 0 Å². The fraction of sp³-hybridized carbons (Fsp3) is 0.286. The van der Waals surface area contributed by atoms with Gasteiger partial charge >= 0.3 is 5.82 Å². The molecule has 1 rings (SSSR count). The Bertz CT molecular complexity index is 400. The lowest BCUT2D eigenvalue weighted by Crippen LogP contribution is -2.05. The average molecular weight is 282 g/mol. The fourth-order valence-electron chi connectivity index (χ4n) is 1.00. The quantitative estimate of drug-likeness (QED) is 0.524. The third kappa shape index (κ3) is 2.38. The molecule has 8 heteroatoms.